The fraction of sp³-hybridized carbons (Fsp3) is 0.933. The zero-order chi connectivity index (χ0) is 15.7. The Morgan fingerprint density at radius 1 is 1.27 bits per heavy atom. The van der Waals surface area contributed by atoms with Gasteiger partial charge in [0.05, 0.1) is 25.3 Å². The van der Waals surface area contributed by atoms with Crippen molar-refractivity contribution in [1.29, 1.82) is 0 Å². The van der Waals surface area contributed by atoms with Gasteiger partial charge in [-0.25, -0.2) is 8.78 Å². The molecule has 0 aromatic carbocycles. The number of amides is 1. The molecule has 0 bridgehead atoms. The van der Waals surface area contributed by atoms with Gasteiger partial charge in [0.25, 0.3) is 5.92 Å². The summed E-state index contributed by atoms with van der Waals surface area (Å²) in [5.74, 6) is -2.91. The van der Waals surface area contributed by atoms with Gasteiger partial charge in [-0.1, -0.05) is 0 Å². The zero-order valence-electron chi connectivity index (χ0n) is 13.1. The summed E-state index contributed by atoms with van der Waals surface area (Å²) >= 11 is 0. The molecule has 7 heteroatoms. The van der Waals surface area contributed by atoms with Crippen LogP contribution in [0.1, 0.15) is 26.2 Å². The van der Waals surface area contributed by atoms with Crippen molar-refractivity contribution in [2.45, 2.75) is 50.3 Å². The molecule has 0 radical (unpaired) electrons. The van der Waals surface area contributed by atoms with Crippen LogP contribution in [0.15, 0.2) is 0 Å². The zero-order valence-corrected chi connectivity index (χ0v) is 13.1. The van der Waals surface area contributed by atoms with E-state index in [2.05, 4.69) is 17.1 Å². The molecule has 0 aliphatic carbocycles. The third kappa shape index (κ3) is 3.58. The Hall–Kier alpha value is -0.790. The number of piperidine rings is 1. The number of nitrogens with one attached hydrogen (secondary N) is 1. The Labute approximate surface area is 130 Å². The van der Waals surface area contributed by atoms with Crippen LogP contribution in [-0.2, 0) is 9.53 Å². The first-order valence-corrected chi connectivity index (χ1v) is 8.20. The van der Waals surface area contributed by atoms with Crippen LogP contribution < -0.4 is 5.32 Å². The van der Waals surface area contributed by atoms with Crippen LogP contribution in [0.25, 0.3) is 0 Å². The molecule has 0 aromatic heterocycles. The summed E-state index contributed by atoms with van der Waals surface area (Å²) in [5, 5.41) is 2.66. The first-order valence-electron chi connectivity index (χ1n) is 8.20. The Balaban J connectivity index is 1.48. The van der Waals surface area contributed by atoms with E-state index in [4.69, 9.17) is 4.74 Å². The number of carbonyl (C=O) groups is 1. The van der Waals surface area contributed by atoms with Gasteiger partial charge in [0, 0.05) is 38.6 Å². The van der Waals surface area contributed by atoms with Crippen molar-refractivity contribution in [3.63, 3.8) is 0 Å². The van der Waals surface area contributed by atoms with Gasteiger partial charge in [0.15, 0.2) is 0 Å². The molecule has 3 saturated heterocycles. The Kier molecular flexibility index (Phi) is 4.66. The van der Waals surface area contributed by atoms with Crippen molar-refractivity contribution in [2.24, 2.45) is 0 Å². The van der Waals surface area contributed by atoms with Crippen LogP contribution in [0.4, 0.5) is 8.78 Å². The van der Waals surface area contributed by atoms with Gasteiger partial charge in [-0.05, 0) is 19.8 Å². The van der Waals surface area contributed by atoms with E-state index in [1.807, 2.05) is 0 Å². The van der Waals surface area contributed by atoms with Crippen molar-refractivity contribution < 1.29 is 18.3 Å². The molecule has 2 atom stereocenters. The number of nitrogens with zero attached hydrogens (tertiary/aromatic N) is 2. The highest BCUT2D eigenvalue weighted by molar-refractivity contribution is 5.82. The molecule has 126 valence electrons. The van der Waals surface area contributed by atoms with Gasteiger partial charge in [-0.2, -0.15) is 0 Å². The smallest absolute Gasteiger partial charge is 0.262 e. The highest BCUT2D eigenvalue weighted by Crippen LogP contribution is 2.27. The number of carbonyl (C=O) groups excluding carboxylic acids is 1. The highest BCUT2D eigenvalue weighted by Gasteiger charge is 2.44. The molecule has 1 amide bonds. The lowest BCUT2D eigenvalue weighted by molar-refractivity contribution is -0.135. The van der Waals surface area contributed by atoms with Crippen LogP contribution in [0.2, 0.25) is 0 Å². The number of ether oxygens (including phenoxy) is 1. The van der Waals surface area contributed by atoms with E-state index in [1.54, 1.807) is 4.90 Å². The SMILES string of the molecule is CC1CN(C2CCN(C(=O)C3CC(F)(F)CN3)CC2)CCO1. The summed E-state index contributed by atoms with van der Waals surface area (Å²) in [5.41, 5.74) is 0. The first-order chi connectivity index (χ1) is 10.4. The predicted molar refractivity (Wildman–Crippen MR) is 77.9 cm³/mol. The van der Waals surface area contributed by atoms with E-state index < -0.39 is 12.0 Å². The molecular weight excluding hydrogens is 292 g/mol. The minimum atomic E-state index is -2.75. The lowest BCUT2D eigenvalue weighted by atomic mass is 10.0. The van der Waals surface area contributed by atoms with Gasteiger partial charge in [-0.15, -0.1) is 0 Å². The minimum absolute atomic E-state index is 0.161. The number of hydrogen-bond acceptors (Lipinski definition) is 4. The maximum absolute atomic E-state index is 13.2. The molecule has 3 heterocycles. The second-order valence-electron chi connectivity index (χ2n) is 6.73. The fourth-order valence-corrected chi connectivity index (χ4v) is 3.74. The summed E-state index contributed by atoms with van der Waals surface area (Å²) in [6.45, 7) is 5.68. The number of hydrogen-bond donors (Lipinski definition) is 1. The second-order valence-corrected chi connectivity index (χ2v) is 6.73. The average Bonchev–Trinajstić information content (AvgIpc) is 2.87. The number of likely N-dealkylation sites (tertiary alicyclic amines) is 1. The molecule has 3 aliphatic rings. The van der Waals surface area contributed by atoms with Crippen molar-refractivity contribution in [3.05, 3.63) is 0 Å². The molecule has 0 aromatic rings. The van der Waals surface area contributed by atoms with Crippen LogP contribution in [-0.4, -0.2) is 79.1 Å². The fourth-order valence-electron chi connectivity index (χ4n) is 3.74. The van der Waals surface area contributed by atoms with Gasteiger partial charge in [-0.3, -0.25) is 15.0 Å². The maximum atomic E-state index is 13.2. The van der Waals surface area contributed by atoms with E-state index in [0.29, 0.717) is 19.1 Å². The molecule has 0 saturated carbocycles. The molecule has 22 heavy (non-hydrogen) atoms. The molecule has 0 spiro atoms. The summed E-state index contributed by atoms with van der Waals surface area (Å²) < 4.78 is 32.0. The number of halogens is 2. The lowest BCUT2D eigenvalue weighted by Gasteiger charge is -2.42. The van der Waals surface area contributed by atoms with Gasteiger partial charge in [0.2, 0.25) is 5.91 Å². The summed E-state index contributed by atoms with van der Waals surface area (Å²) in [7, 11) is 0. The Bertz CT molecular complexity index is 414. The molecular formula is C15H25F2N3O2. The standard InChI is InChI=1S/C15H25F2N3O2/c1-11-9-20(6-7-22-11)12-2-4-19(5-3-12)14(21)13-8-15(16,17)10-18-13/h11-13,18H,2-10H2,1H3. The van der Waals surface area contributed by atoms with E-state index in [-0.39, 0.29) is 25.0 Å². The predicted octanol–water partition coefficient (Wildman–Crippen LogP) is 0.695. The van der Waals surface area contributed by atoms with E-state index in [1.165, 1.54) is 0 Å². The molecule has 2 unspecified atom stereocenters. The third-order valence-electron chi connectivity index (χ3n) is 4.97. The van der Waals surface area contributed by atoms with Crippen molar-refractivity contribution in [1.82, 2.24) is 15.1 Å². The lowest BCUT2D eigenvalue weighted by Crippen LogP contribution is -2.53. The second kappa shape index (κ2) is 6.37. The normalized spacial score (nSPS) is 34.0. The Morgan fingerprint density at radius 3 is 2.59 bits per heavy atom. The third-order valence-corrected chi connectivity index (χ3v) is 4.97. The minimum Gasteiger partial charge on any atom is -0.376 e. The monoisotopic (exact) mass is 317 g/mol. The van der Waals surface area contributed by atoms with Crippen molar-refractivity contribution in [2.75, 3.05) is 39.3 Å². The molecule has 5 nitrogen and oxygen atoms in total. The van der Waals surface area contributed by atoms with Crippen molar-refractivity contribution >= 4 is 5.91 Å². The number of rotatable bonds is 2. The topological polar surface area (TPSA) is 44.8 Å². The average molecular weight is 317 g/mol. The quantitative estimate of drug-likeness (QED) is 0.814. The first kappa shape index (κ1) is 16.1. The molecule has 3 rings (SSSR count). The van der Waals surface area contributed by atoms with E-state index in [9.17, 15) is 13.6 Å². The summed E-state index contributed by atoms with van der Waals surface area (Å²) in [4.78, 5) is 16.5. The maximum Gasteiger partial charge on any atom is 0.262 e. The molecule has 1 N–H and O–H groups in total. The van der Waals surface area contributed by atoms with E-state index in [0.717, 1.165) is 32.5 Å². The van der Waals surface area contributed by atoms with Crippen LogP contribution in [0.3, 0.4) is 0 Å². The largest absolute Gasteiger partial charge is 0.376 e. The van der Waals surface area contributed by atoms with E-state index >= 15 is 0 Å². The number of alkyl halides is 2. The van der Waals surface area contributed by atoms with Gasteiger partial charge >= 0.3 is 0 Å². The van der Waals surface area contributed by atoms with Crippen LogP contribution >= 0.6 is 0 Å². The Morgan fingerprint density at radius 2 is 2.00 bits per heavy atom. The van der Waals surface area contributed by atoms with Crippen LogP contribution in [0.5, 0.6) is 0 Å². The molecule has 3 aliphatic heterocycles. The number of morpholine rings is 1. The molecule has 3 fully saturated rings. The van der Waals surface area contributed by atoms with Crippen LogP contribution in [0, 0.1) is 0 Å². The summed E-state index contributed by atoms with van der Waals surface area (Å²) in [6, 6.07) is -0.233. The van der Waals surface area contributed by atoms with Gasteiger partial charge < -0.3 is 9.64 Å². The van der Waals surface area contributed by atoms with Crippen molar-refractivity contribution in [3.8, 4) is 0 Å². The van der Waals surface area contributed by atoms with Gasteiger partial charge in [0.1, 0.15) is 0 Å². The summed E-state index contributed by atoms with van der Waals surface area (Å²) in [6.07, 6.45) is 1.73. The highest BCUT2D eigenvalue weighted by atomic mass is 19.3.